The maximum atomic E-state index is 11.2. The van der Waals surface area contributed by atoms with Crippen LogP contribution in [0.5, 0.6) is 0 Å². The normalized spacial score (nSPS) is 12.8. The van der Waals surface area contributed by atoms with Crippen LogP contribution >= 0.6 is 0 Å². The van der Waals surface area contributed by atoms with Gasteiger partial charge >= 0.3 is 0 Å². The Labute approximate surface area is 125 Å². The lowest BCUT2D eigenvalue weighted by Gasteiger charge is -2.12. The van der Waals surface area contributed by atoms with Gasteiger partial charge in [0, 0.05) is 24.8 Å². The van der Waals surface area contributed by atoms with E-state index in [0.717, 1.165) is 16.9 Å². The van der Waals surface area contributed by atoms with Crippen molar-refractivity contribution < 1.29 is 4.79 Å². The van der Waals surface area contributed by atoms with Crippen LogP contribution in [-0.4, -0.2) is 5.91 Å². The molecule has 0 atom stereocenters. The van der Waals surface area contributed by atoms with Gasteiger partial charge in [0.1, 0.15) is 0 Å². The molecule has 2 N–H and O–H groups in total. The lowest BCUT2D eigenvalue weighted by Crippen LogP contribution is -2.10. The lowest BCUT2D eigenvalue weighted by atomic mass is 10.1. The third kappa shape index (κ3) is 3.24. The summed E-state index contributed by atoms with van der Waals surface area (Å²) < 4.78 is 0. The summed E-state index contributed by atoms with van der Waals surface area (Å²) in [5, 5.41) is 6.33. The molecule has 1 aliphatic carbocycles. The fraction of sp³-hybridized carbons (Fsp3) is 0.278. The molecule has 3 heteroatoms. The summed E-state index contributed by atoms with van der Waals surface area (Å²) in [7, 11) is 0. The van der Waals surface area contributed by atoms with E-state index in [2.05, 4.69) is 28.8 Å². The van der Waals surface area contributed by atoms with Crippen molar-refractivity contribution in [2.45, 2.75) is 32.7 Å². The van der Waals surface area contributed by atoms with Gasteiger partial charge in [-0.15, -0.1) is 0 Å². The molecule has 2 aromatic carbocycles. The number of aryl methyl sites for hydroxylation is 2. The molecule has 0 bridgehead atoms. The Balaban J connectivity index is 1.71. The van der Waals surface area contributed by atoms with Gasteiger partial charge in [-0.05, 0) is 54.2 Å². The van der Waals surface area contributed by atoms with E-state index < -0.39 is 0 Å². The van der Waals surface area contributed by atoms with Crippen LogP contribution in [0.25, 0.3) is 0 Å². The summed E-state index contributed by atoms with van der Waals surface area (Å²) in [6.45, 7) is 2.24. The molecule has 0 spiro atoms. The second-order valence-electron chi connectivity index (χ2n) is 5.53. The standard InChI is InChI=1S/C18H20N2O/c1-13(21)20-18-8-3-2-5-16(18)12-19-17-10-9-14-6-4-7-15(14)11-17/h2-3,5,8-11,19H,4,6-7,12H2,1H3,(H,20,21). The van der Waals surface area contributed by atoms with Crippen LogP contribution in [0.3, 0.4) is 0 Å². The highest BCUT2D eigenvalue weighted by molar-refractivity contribution is 5.89. The SMILES string of the molecule is CC(=O)Nc1ccccc1CNc1ccc2c(c1)CCC2. The molecule has 2 aromatic rings. The first kappa shape index (κ1) is 13.7. The van der Waals surface area contributed by atoms with Crippen LogP contribution in [0.15, 0.2) is 42.5 Å². The smallest absolute Gasteiger partial charge is 0.221 e. The largest absolute Gasteiger partial charge is 0.381 e. The number of rotatable bonds is 4. The van der Waals surface area contributed by atoms with Gasteiger partial charge in [-0.2, -0.15) is 0 Å². The number of benzene rings is 2. The molecular formula is C18H20N2O. The number of hydrogen-bond acceptors (Lipinski definition) is 2. The summed E-state index contributed by atoms with van der Waals surface area (Å²) in [5.74, 6) is -0.0417. The van der Waals surface area contributed by atoms with E-state index in [-0.39, 0.29) is 5.91 Å². The van der Waals surface area contributed by atoms with E-state index in [1.165, 1.54) is 37.3 Å². The highest BCUT2D eigenvalue weighted by atomic mass is 16.1. The molecule has 0 aromatic heterocycles. The fourth-order valence-electron chi connectivity index (χ4n) is 2.87. The van der Waals surface area contributed by atoms with Crippen molar-refractivity contribution in [1.29, 1.82) is 0 Å². The van der Waals surface area contributed by atoms with E-state index in [1.807, 2.05) is 24.3 Å². The summed E-state index contributed by atoms with van der Waals surface area (Å²) in [4.78, 5) is 11.2. The third-order valence-corrected chi connectivity index (χ3v) is 3.91. The van der Waals surface area contributed by atoms with E-state index in [1.54, 1.807) is 0 Å². The summed E-state index contributed by atoms with van der Waals surface area (Å²) in [5.41, 5.74) is 6.06. The number of para-hydroxylation sites is 1. The molecule has 0 saturated heterocycles. The van der Waals surface area contributed by atoms with Crippen LogP contribution in [0, 0.1) is 0 Å². The topological polar surface area (TPSA) is 41.1 Å². The molecule has 3 nitrogen and oxygen atoms in total. The first-order valence-electron chi connectivity index (χ1n) is 7.43. The highest BCUT2D eigenvalue weighted by Crippen LogP contribution is 2.25. The number of fused-ring (bicyclic) bond motifs is 1. The molecule has 21 heavy (non-hydrogen) atoms. The predicted molar refractivity (Wildman–Crippen MR) is 86.5 cm³/mol. The van der Waals surface area contributed by atoms with Gasteiger partial charge < -0.3 is 10.6 Å². The molecule has 0 saturated carbocycles. The number of carbonyl (C=O) groups is 1. The van der Waals surface area contributed by atoms with Crippen molar-refractivity contribution in [3.05, 3.63) is 59.2 Å². The average Bonchev–Trinajstić information content (AvgIpc) is 2.93. The number of carbonyl (C=O) groups excluding carboxylic acids is 1. The Bertz CT molecular complexity index is 664. The van der Waals surface area contributed by atoms with Crippen molar-refractivity contribution in [2.75, 3.05) is 10.6 Å². The average molecular weight is 280 g/mol. The summed E-state index contributed by atoms with van der Waals surface area (Å²) in [6, 6.07) is 14.5. The summed E-state index contributed by atoms with van der Waals surface area (Å²) in [6.07, 6.45) is 3.67. The van der Waals surface area contributed by atoms with E-state index in [0.29, 0.717) is 6.54 Å². The van der Waals surface area contributed by atoms with Crippen LogP contribution in [0.1, 0.15) is 30.0 Å². The molecule has 3 rings (SSSR count). The predicted octanol–water partition coefficient (Wildman–Crippen LogP) is 3.75. The van der Waals surface area contributed by atoms with Gasteiger partial charge in [0.05, 0.1) is 0 Å². The maximum Gasteiger partial charge on any atom is 0.221 e. The molecule has 0 unspecified atom stereocenters. The van der Waals surface area contributed by atoms with Gasteiger partial charge in [0.25, 0.3) is 0 Å². The fourth-order valence-corrected chi connectivity index (χ4v) is 2.87. The third-order valence-electron chi connectivity index (χ3n) is 3.91. The van der Waals surface area contributed by atoms with Gasteiger partial charge in [-0.25, -0.2) is 0 Å². The summed E-state index contributed by atoms with van der Waals surface area (Å²) >= 11 is 0. The molecule has 0 aliphatic heterocycles. The van der Waals surface area contributed by atoms with Crippen LogP contribution in [-0.2, 0) is 24.2 Å². The van der Waals surface area contributed by atoms with E-state index in [9.17, 15) is 4.79 Å². The van der Waals surface area contributed by atoms with Gasteiger partial charge in [-0.3, -0.25) is 4.79 Å². The van der Waals surface area contributed by atoms with Crippen molar-refractivity contribution in [2.24, 2.45) is 0 Å². The Morgan fingerprint density at radius 2 is 1.90 bits per heavy atom. The number of hydrogen-bond donors (Lipinski definition) is 2. The first-order valence-corrected chi connectivity index (χ1v) is 7.43. The lowest BCUT2D eigenvalue weighted by molar-refractivity contribution is -0.114. The monoisotopic (exact) mass is 280 g/mol. The minimum atomic E-state index is -0.0417. The second-order valence-corrected chi connectivity index (χ2v) is 5.53. The molecule has 0 fully saturated rings. The van der Waals surface area contributed by atoms with Crippen molar-refractivity contribution in [1.82, 2.24) is 0 Å². The zero-order valence-electron chi connectivity index (χ0n) is 12.3. The van der Waals surface area contributed by atoms with Crippen LogP contribution in [0.2, 0.25) is 0 Å². The highest BCUT2D eigenvalue weighted by Gasteiger charge is 2.10. The minimum Gasteiger partial charge on any atom is -0.381 e. The molecule has 1 amide bonds. The Hall–Kier alpha value is -2.29. The van der Waals surface area contributed by atoms with Crippen molar-refractivity contribution in [3.8, 4) is 0 Å². The Morgan fingerprint density at radius 1 is 1.10 bits per heavy atom. The Kier molecular flexibility index (Phi) is 3.91. The number of anilines is 2. The molecule has 108 valence electrons. The van der Waals surface area contributed by atoms with E-state index >= 15 is 0 Å². The molecule has 1 aliphatic rings. The van der Waals surface area contributed by atoms with Gasteiger partial charge in [0.2, 0.25) is 5.91 Å². The quantitative estimate of drug-likeness (QED) is 0.895. The van der Waals surface area contributed by atoms with Crippen LogP contribution < -0.4 is 10.6 Å². The molecular weight excluding hydrogens is 260 g/mol. The van der Waals surface area contributed by atoms with E-state index in [4.69, 9.17) is 0 Å². The van der Waals surface area contributed by atoms with Crippen molar-refractivity contribution >= 4 is 17.3 Å². The molecule has 0 radical (unpaired) electrons. The number of nitrogens with one attached hydrogen (secondary N) is 2. The van der Waals surface area contributed by atoms with Gasteiger partial charge in [0.15, 0.2) is 0 Å². The maximum absolute atomic E-state index is 11.2. The number of amides is 1. The minimum absolute atomic E-state index is 0.0417. The Morgan fingerprint density at radius 3 is 2.76 bits per heavy atom. The molecule has 0 heterocycles. The first-order chi connectivity index (χ1) is 10.2. The second kappa shape index (κ2) is 6.00. The zero-order chi connectivity index (χ0) is 14.7. The zero-order valence-corrected chi connectivity index (χ0v) is 12.3. The van der Waals surface area contributed by atoms with Crippen molar-refractivity contribution in [3.63, 3.8) is 0 Å². The van der Waals surface area contributed by atoms with Crippen LogP contribution in [0.4, 0.5) is 11.4 Å². The van der Waals surface area contributed by atoms with Gasteiger partial charge in [-0.1, -0.05) is 24.3 Å².